The van der Waals surface area contributed by atoms with Gasteiger partial charge in [-0.15, -0.1) is 0 Å². The molecular formula is C29H31ClN4O2. The number of carbonyl (C=O) groups is 1. The second kappa shape index (κ2) is 12.6. The SMILES string of the molecule is CNC(CCC=O)CNCc1ccc(-c2cccc(-c3cccc4c3CCC4)c2Cl)nc1OCC#N. The lowest BCUT2D eigenvalue weighted by Gasteiger charge is -2.17. The van der Waals surface area contributed by atoms with Crippen molar-refractivity contribution in [2.45, 2.75) is 44.7 Å². The summed E-state index contributed by atoms with van der Waals surface area (Å²) in [5.41, 5.74) is 7.37. The summed E-state index contributed by atoms with van der Waals surface area (Å²) in [6, 6.07) is 18.6. The van der Waals surface area contributed by atoms with Gasteiger partial charge in [0.1, 0.15) is 12.4 Å². The Morgan fingerprint density at radius 2 is 1.94 bits per heavy atom. The van der Waals surface area contributed by atoms with Crippen molar-refractivity contribution < 1.29 is 9.53 Å². The molecule has 1 aliphatic rings. The van der Waals surface area contributed by atoms with Crippen LogP contribution in [0.4, 0.5) is 0 Å². The van der Waals surface area contributed by atoms with Crippen molar-refractivity contribution in [2.24, 2.45) is 0 Å². The molecule has 0 radical (unpaired) electrons. The second-order valence-corrected chi connectivity index (χ2v) is 9.31. The van der Waals surface area contributed by atoms with Crippen LogP contribution in [0, 0.1) is 11.3 Å². The fraction of sp³-hybridized carbons (Fsp3) is 0.345. The molecule has 1 aromatic heterocycles. The third-order valence-corrected chi connectivity index (χ3v) is 7.08. The molecule has 0 amide bonds. The maximum Gasteiger partial charge on any atom is 0.219 e. The average molecular weight is 503 g/mol. The average Bonchev–Trinajstić information content (AvgIpc) is 3.39. The number of carbonyl (C=O) groups excluding carboxylic acids is 1. The van der Waals surface area contributed by atoms with Gasteiger partial charge in [-0.2, -0.15) is 5.26 Å². The first-order valence-electron chi connectivity index (χ1n) is 12.4. The summed E-state index contributed by atoms with van der Waals surface area (Å²) in [6.07, 6.45) is 5.58. The van der Waals surface area contributed by atoms with E-state index >= 15 is 0 Å². The van der Waals surface area contributed by atoms with Crippen LogP contribution in [0.15, 0.2) is 48.5 Å². The van der Waals surface area contributed by atoms with Crippen molar-refractivity contribution in [3.63, 3.8) is 0 Å². The Balaban J connectivity index is 1.60. The van der Waals surface area contributed by atoms with E-state index in [1.165, 1.54) is 23.1 Å². The summed E-state index contributed by atoms with van der Waals surface area (Å²) in [6.45, 7) is 1.13. The van der Waals surface area contributed by atoms with Crippen LogP contribution in [-0.2, 0) is 24.2 Å². The fourth-order valence-electron chi connectivity index (χ4n) is 4.79. The number of aldehydes is 1. The number of benzene rings is 2. The highest BCUT2D eigenvalue weighted by atomic mass is 35.5. The minimum absolute atomic E-state index is 0.0914. The highest BCUT2D eigenvalue weighted by Crippen LogP contribution is 2.40. The van der Waals surface area contributed by atoms with E-state index in [0.29, 0.717) is 36.1 Å². The second-order valence-electron chi connectivity index (χ2n) is 8.93. The van der Waals surface area contributed by atoms with Crippen molar-refractivity contribution in [1.82, 2.24) is 15.6 Å². The molecule has 36 heavy (non-hydrogen) atoms. The van der Waals surface area contributed by atoms with Gasteiger partial charge in [0.2, 0.25) is 5.88 Å². The standard InChI is InChI=1S/C29H31ClN4O2/c1-32-22(8-5-16-35)19-33-18-21-13-14-27(34-29(21)36-17-15-31)26-12-4-11-25(28(26)30)24-10-3-7-20-6-2-9-23(20)24/h3-4,7,10-14,16,22,32-33H,2,5-6,8-9,17-19H2,1H3. The van der Waals surface area contributed by atoms with Crippen LogP contribution in [0.3, 0.4) is 0 Å². The zero-order chi connectivity index (χ0) is 25.3. The highest BCUT2D eigenvalue weighted by molar-refractivity contribution is 6.36. The van der Waals surface area contributed by atoms with E-state index in [1.807, 2.05) is 37.4 Å². The maximum absolute atomic E-state index is 10.7. The minimum atomic E-state index is -0.0914. The predicted octanol–water partition coefficient (Wildman–Crippen LogP) is 5.12. The van der Waals surface area contributed by atoms with Gasteiger partial charge in [0.25, 0.3) is 0 Å². The molecule has 186 valence electrons. The zero-order valence-electron chi connectivity index (χ0n) is 20.5. The van der Waals surface area contributed by atoms with Crippen LogP contribution >= 0.6 is 11.6 Å². The van der Waals surface area contributed by atoms with Crippen LogP contribution in [0.25, 0.3) is 22.4 Å². The predicted molar refractivity (Wildman–Crippen MR) is 143 cm³/mol. The van der Waals surface area contributed by atoms with Crippen LogP contribution in [0.5, 0.6) is 5.88 Å². The summed E-state index contributed by atoms with van der Waals surface area (Å²) >= 11 is 6.97. The number of nitrogens with one attached hydrogen (secondary N) is 2. The Morgan fingerprint density at radius 3 is 2.75 bits per heavy atom. The van der Waals surface area contributed by atoms with Gasteiger partial charge < -0.3 is 20.2 Å². The number of halogens is 1. The molecule has 6 nitrogen and oxygen atoms in total. The van der Waals surface area contributed by atoms with E-state index in [-0.39, 0.29) is 12.6 Å². The van der Waals surface area contributed by atoms with Gasteiger partial charge in [0.15, 0.2) is 6.61 Å². The smallest absolute Gasteiger partial charge is 0.219 e. The van der Waals surface area contributed by atoms with E-state index in [9.17, 15) is 4.79 Å². The maximum atomic E-state index is 10.7. The molecule has 3 aromatic rings. The van der Waals surface area contributed by atoms with Gasteiger partial charge in [-0.25, -0.2) is 4.98 Å². The molecule has 0 saturated carbocycles. The number of hydrogen-bond donors (Lipinski definition) is 2. The molecule has 0 bridgehead atoms. The number of aromatic nitrogens is 1. The monoisotopic (exact) mass is 502 g/mol. The first-order chi connectivity index (χ1) is 17.7. The van der Waals surface area contributed by atoms with Gasteiger partial charge in [-0.05, 0) is 55.5 Å². The fourth-order valence-corrected chi connectivity index (χ4v) is 5.11. The number of aryl methyl sites for hydroxylation is 1. The number of hydrogen-bond acceptors (Lipinski definition) is 6. The summed E-state index contributed by atoms with van der Waals surface area (Å²) < 4.78 is 5.70. The van der Waals surface area contributed by atoms with Crippen molar-refractivity contribution in [3.05, 3.63) is 70.2 Å². The molecule has 0 saturated heterocycles. The number of pyridine rings is 1. The third kappa shape index (κ3) is 5.93. The molecular weight excluding hydrogens is 472 g/mol. The summed E-state index contributed by atoms with van der Waals surface area (Å²) in [5, 5.41) is 16.3. The van der Waals surface area contributed by atoms with Crippen molar-refractivity contribution >= 4 is 17.9 Å². The summed E-state index contributed by atoms with van der Waals surface area (Å²) in [4.78, 5) is 15.4. The van der Waals surface area contributed by atoms with Gasteiger partial charge in [-0.3, -0.25) is 0 Å². The lowest BCUT2D eigenvalue weighted by atomic mass is 9.95. The van der Waals surface area contributed by atoms with Gasteiger partial charge in [0, 0.05) is 42.2 Å². The molecule has 1 aliphatic carbocycles. The molecule has 1 unspecified atom stereocenters. The Labute approximate surface area is 217 Å². The van der Waals surface area contributed by atoms with E-state index < -0.39 is 0 Å². The first kappa shape index (κ1) is 25.8. The lowest BCUT2D eigenvalue weighted by Crippen LogP contribution is -2.36. The normalized spacial score (nSPS) is 13.1. The number of fused-ring (bicyclic) bond motifs is 1. The molecule has 0 fully saturated rings. The largest absolute Gasteiger partial charge is 0.462 e. The Morgan fingerprint density at radius 1 is 1.14 bits per heavy atom. The number of rotatable bonds is 12. The van der Waals surface area contributed by atoms with Crippen LogP contribution in [-0.4, -0.2) is 37.5 Å². The van der Waals surface area contributed by atoms with Crippen molar-refractivity contribution in [1.29, 1.82) is 5.26 Å². The molecule has 2 aromatic carbocycles. The van der Waals surface area contributed by atoms with E-state index in [4.69, 9.17) is 26.6 Å². The van der Waals surface area contributed by atoms with E-state index in [1.54, 1.807) is 0 Å². The van der Waals surface area contributed by atoms with Crippen LogP contribution in [0.1, 0.15) is 36.0 Å². The minimum Gasteiger partial charge on any atom is -0.462 e. The molecule has 7 heteroatoms. The summed E-state index contributed by atoms with van der Waals surface area (Å²) in [7, 11) is 1.89. The Kier molecular flexibility index (Phi) is 9.07. The van der Waals surface area contributed by atoms with Gasteiger partial charge in [-0.1, -0.05) is 54.1 Å². The molecule has 4 rings (SSSR count). The molecule has 0 spiro atoms. The molecule has 1 heterocycles. The molecule has 1 atom stereocenters. The van der Waals surface area contributed by atoms with Crippen LogP contribution in [0.2, 0.25) is 5.02 Å². The number of nitrogens with zero attached hydrogens (tertiary/aromatic N) is 2. The van der Waals surface area contributed by atoms with Crippen molar-refractivity contribution in [2.75, 3.05) is 20.2 Å². The lowest BCUT2D eigenvalue weighted by molar-refractivity contribution is -0.108. The molecule has 0 aliphatic heterocycles. The Bertz CT molecular complexity index is 1250. The Hall–Kier alpha value is -3.24. The number of likely N-dealkylation sites (N-methyl/N-ethyl adjacent to an activating group) is 1. The quantitative estimate of drug-likeness (QED) is 0.334. The van der Waals surface area contributed by atoms with E-state index in [2.05, 4.69) is 34.9 Å². The summed E-state index contributed by atoms with van der Waals surface area (Å²) in [5.74, 6) is 0.414. The topological polar surface area (TPSA) is 87.0 Å². The number of nitriles is 1. The number of ether oxygens (including phenoxy) is 1. The third-order valence-electron chi connectivity index (χ3n) is 6.67. The van der Waals surface area contributed by atoms with Gasteiger partial charge >= 0.3 is 0 Å². The first-order valence-corrected chi connectivity index (χ1v) is 12.7. The highest BCUT2D eigenvalue weighted by Gasteiger charge is 2.19. The van der Waals surface area contributed by atoms with E-state index in [0.717, 1.165) is 42.2 Å². The van der Waals surface area contributed by atoms with Crippen molar-refractivity contribution in [3.8, 4) is 34.3 Å². The molecule has 2 N–H and O–H groups in total. The van der Waals surface area contributed by atoms with Crippen LogP contribution < -0.4 is 15.4 Å². The van der Waals surface area contributed by atoms with Gasteiger partial charge in [0.05, 0.1) is 10.7 Å². The zero-order valence-corrected chi connectivity index (χ0v) is 21.3.